The highest BCUT2D eigenvalue weighted by Crippen LogP contribution is 2.16. The minimum Gasteiger partial charge on any atom is -0.435 e. The summed E-state index contributed by atoms with van der Waals surface area (Å²) in [4.78, 5) is 11.9. The van der Waals surface area contributed by atoms with Crippen LogP contribution in [0.2, 0.25) is 0 Å². The monoisotopic (exact) mass is 298 g/mol. The first kappa shape index (κ1) is 15.7. The molecule has 1 aliphatic heterocycles. The fourth-order valence-corrected chi connectivity index (χ4v) is 2.46. The zero-order valence-electron chi connectivity index (χ0n) is 11.9. The molecule has 1 aliphatic rings. The Balaban J connectivity index is 1.74. The molecule has 1 amide bonds. The third-order valence-corrected chi connectivity index (χ3v) is 3.68. The molecule has 0 aliphatic carbocycles. The Labute approximate surface area is 122 Å². The van der Waals surface area contributed by atoms with Crippen molar-refractivity contribution in [2.24, 2.45) is 5.92 Å². The van der Waals surface area contributed by atoms with E-state index in [0.717, 1.165) is 18.5 Å². The van der Waals surface area contributed by atoms with E-state index in [1.165, 1.54) is 12.1 Å². The van der Waals surface area contributed by atoms with Gasteiger partial charge in [0.2, 0.25) is 5.91 Å². The molecule has 1 aromatic carbocycles. The zero-order valence-corrected chi connectivity index (χ0v) is 11.9. The smallest absolute Gasteiger partial charge is 0.387 e. The number of hydrogen-bond acceptors (Lipinski definition) is 3. The van der Waals surface area contributed by atoms with E-state index in [1.54, 1.807) is 12.1 Å². The molecule has 2 rings (SSSR count). The molecular formula is C15H20F2N2O2. The molecule has 0 spiro atoms. The van der Waals surface area contributed by atoms with E-state index in [9.17, 15) is 13.6 Å². The highest BCUT2D eigenvalue weighted by atomic mass is 19.3. The molecule has 0 saturated carbocycles. The Morgan fingerprint density at radius 3 is 2.71 bits per heavy atom. The second-order valence-corrected chi connectivity index (χ2v) is 5.26. The number of carbonyl (C=O) groups is 1. The molecule has 1 fully saturated rings. The SMILES string of the molecule is CC1CCNC1C(=O)NCCc1ccc(OC(F)F)cc1. The van der Waals surface area contributed by atoms with Crippen molar-refractivity contribution in [1.82, 2.24) is 10.6 Å². The number of carbonyl (C=O) groups excluding carboxylic acids is 1. The molecule has 0 radical (unpaired) electrons. The second-order valence-electron chi connectivity index (χ2n) is 5.26. The average molecular weight is 298 g/mol. The number of nitrogens with one attached hydrogen (secondary N) is 2. The van der Waals surface area contributed by atoms with E-state index in [1.807, 2.05) is 0 Å². The van der Waals surface area contributed by atoms with Crippen LogP contribution in [0.15, 0.2) is 24.3 Å². The van der Waals surface area contributed by atoms with Crippen molar-refractivity contribution in [3.63, 3.8) is 0 Å². The fourth-order valence-electron chi connectivity index (χ4n) is 2.46. The van der Waals surface area contributed by atoms with Gasteiger partial charge in [-0.1, -0.05) is 19.1 Å². The minimum absolute atomic E-state index is 0.0256. The lowest BCUT2D eigenvalue weighted by Crippen LogP contribution is -2.43. The Hall–Kier alpha value is -1.69. The molecule has 1 aromatic rings. The van der Waals surface area contributed by atoms with Crippen LogP contribution < -0.4 is 15.4 Å². The van der Waals surface area contributed by atoms with Gasteiger partial charge in [-0.2, -0.15) is 8.78 Å². The zero-order chi connectivity index (χ0) is 15.2. The Morgan fingerprint density at radius 1 is 1.43 bits per heavy atom. The summed E-state index contributed by atoms with van der Waals surface area (Å²) in [5, 5.41) is 6.08. The molecule has 6 heteroatoms. The fraction of sp³-hybridized carbons (Fsp3) is 0.533. The molecule has 0 aromatic heterocycles. The Morgan fingerprint density at radius 2 is 2.14 bits per heavy atom. The molecule has 4 nitrogen and oxygen atoms in total. The van der Waals surface area contributed by atoms with Crippen molar-refractivity contribution in [3.8, 4) is 5.75 Å². The van der Waals surface area contributed by atoms with Crippen LogP contribution in [0.3, 0.4) is 0 Å². The molecular weight excluding hydrogens is 278 g/mol. The van der Waals surface area contributed by atoms with Gasteiger partial charge in [-0.25, -0.2) is 0 Å². The number of ether oxygens (including phenoxy) is 1. The van der Waals surface area contributed by atoms with Crippen LogP contribution in [-0.2, 0) is 11.2 Å². The van der Waals surface area contributed by atoms with E-state index in [2.05, 4.69) is 22.3 Å². The van der Waals surface area contributed by atoms with Gasteiger partial charge < -0.3 is 15.4 Å². The topological polar surface area (TPSA) is 50.4 Å². The maximum absolute atomic E-state index is 12.0. The van der Waals surface area contributed by atoms with Crippen molar-refractivity contribution in [2.75, 3.05) is 13.1 Å². The number of amides is 1. The first-order valence-electron chi connectivity index (χ1n) is 7.11. The summed E-state index contributed by atoms with van der Waals surface area (Å²) < 4.78 is 28.3. The van der Waals surface area contributed by atoms with Gasteiger partial charge in [0.05, 0.1) is 6.04 Å². The molecule has 1 heterocycles. The highest BCUT2D eigenvalue weighted by Gasteiger charge is 2.28. The van der Waals surface area contributed by atoms with Crippen LogP contribution in [0.1, 0.15) is 18.9 Å². The Bertz CT molecular complexity index is 465. The van der Waals surface area contributed by atoms with Gasteiger partial charge in [0, 0.05) is 6.54 Å². The summed E-state index contributed by atoms with van der Waals surface area (Å²) >= 11 is 0. The molecule has 2 unspecified atom stereocenters. The van der Waals surface area contributed by atoms with Gasteiger partial charge in [-0.3, -0.25) is 4.79 Å². The quantitative estimate of drug-likeness (QED) is 0.844. The van der Waals surface area contributed by atoms with Crippen molar-refractivity contribution >= 4 is 5.91 Å². The largest absolute Gasteiger partial charge is 0.435 e. The van der Waals surface area contributed by atoms with E-state index >= 15 is 0 Å². The number of halogens is 2. The van der Waals surface area contributed by atoms with E-state index < -0.39 is 6.61 Å². The lowest BCUT2D eigenvalue weighted by molar-refractivity contribution is -0.123. The van der Waals surface area contributed by atoms with Crippen molar-refractivity contribution in [1.29, 1.82) is 0 Å². The van der Waals surface area contributed by atoms with E-state index in [0.29, 0.717) is 18.9 Å². The number of alkyl halides is 2. The van der Waals surface area contributed by atoms with E-state index in [4.69, 9.17) is 0 Å². The summed E-state index contributed by atoms with van der Waals surface area (Å²) in [5.74, 6) is 0.523. The summed E-state index contributed by atoms with van der Waals surface area (Å²) in [5.41, 5.74) is 0.962. The molecule has 21 heavy (non-hydrogen) atoms. The van der Waals surface area contributed by atoms with Gasteiger partial charge in [0.25, 0.3) is 0 Å². The van der Waals surface area contributed by atoms with Crippen LogP contribution in [0.5, 0.6) is 5.75 Å². The maximum Gasteiger partial charge on any atom is 0.387 e. The van der Waals surface area contributed by atoms with Crippen molar-refractivity contribution < 1.29 is 18.3 Å². The molecule has 1 saturated heterocycles. The van der Waals surface area contributed by atoms with Gasteiger partial charge in [0.15, 0.2) is 0 Å². The van der Waals surface area contributed by atoms with Crippen molar-refractivity contribution in [2.45, 2.75) is 32.4 Å². The van der Waals surface area contributed by atoms with Crippen LogP contribution in [-0.4, -0.2) is 31.7 Å². The predicted octanol–water partition coefficient (Wildman–Crippen LogP) is 1.94. The Kier molecular flexibility index (Phi) is 5.50. The number of rotatable bonds is 6. The van der Waals surface area contributed by atoms with Crippen LogP contribution in [0.4, 0.5) is 8.78 Å². The van der Waals surface area contributed by atoms with Crippen LogP contribution in [0, 0.1) is 5.92 Å². The lowest BCUT2D eigenvalue weighted by atomic mass is 10.0. The van der Waals surface area contributed by atoms with Gasteiger partial charge in [-0.05, 0) is 43.0 Å². The highest BCUT2D eigenvalue weighted by molar-refractivity contribution is 5.82. The number of benzene rings is 1. The number of hydrogen-bond donors (Lipinski definition) is 2. The van der Waals surface area contributed by atoms with Gasteiger partial charge in [-0.15, -0.1) is 0 Å². The lowest BCUT2D eigenvalue weighted by Gasteiger charge is -2.15. The summed E-state index contributed by atoms with van der Waals surface area (Å²) in [7, 11) is 0. The third kappa shape index (κ3) is 4.67. The maximum atomic E-state index is 12.0. The first-order valence-corrected chi connectivity index (χ1v) is 7.11. The van der Waals surface area contributed by atoms with Gasteiger partial charge in [0.1, 0.15) is 5.75 Å². The first-order chi connectivity index (χ1) is 10.1. The predicted molar refractivity (Wildman–Crippen MR) is 75.4 cm³/mol. The van der Waals surface area contributed by atoms with Crippen LogP contribution >= 0.6 is 0 Å². The second kappa shape index (κ2) is 7.36. The normalized spacial score (nSPS) is 21.5. The van der Waals surface area contributed by atoms with Gasteiger partial charge >= 0.3 is 6.61 Å². The standard InChI is InChI=1S/C15H20F2N2O2/c1-10-6-8-18-13(10)14(20)19-9-7-11-2-4-12(5-3-11)21-15(16)17/h2-5,10,13,15,18H,6-9H2,1H3,(H,19,20). The minimum atomic E-state index is -2.81. The summed E-state index contributed by atoms with van der Waals surface area (Å²) in [6.45, 7) is 0.659. The summed E-state index contributed by atoms with van der Waals surface area (Å²) in [6.07, 6.45) is 1.67. The van der Waals surface area contributed by atoms with Crippen LogP contribution in [0.25, 0.3) is 0 Å². The molecule has 116 valence electrons. The molecule has 2 N–H and O–H groups in total. The molecule has 0 bridgehead atoms. The van der Waals surface area contributed by atoms with Crippen molar-refractivity contribution in [3.05, 3.63) is 29.8 Å². The molecule has 2 atom stereocenters. The summed E-state index contributed by atoms with van der Waals surface area (Å²) in [6, 6.07) is 6.35. The average Bonchev–Trinajstić information content (AvgIpc) is 2.86. The van der Waals surface area contributed by atoms with E-state index in [-0.39, 0.29) is 17.7 Å². The third-order valence-electron chi connectivity index (χ3n) is 3.68.